The van der Waals surface area contributed by atoms with Gasteiger partial charge in [-0.3, -0.25) is 9.59 Å². The van der Waals surface area contributed by atoms with E-state index in [9.17, 15) is 26.8 Å². The average molecular weight is 496 g/mol. The molecule has 0 saturated carbocycles. The number of piperazine rings is 1. The summed E-state index contributed by atoms with van der Waals surface area (Å²) in [5, 5.41) is 2.76. The zero-order chi connectivity index (χ0) is 25.0. The molecule has 11 heteroatoms. The maximum atomic E-state index is 14.1. The maximum Gasteiger partial charge on any atom is 0.255 e. The highest BCUT2D eigenvalue weighted by molar-refractivity contribution is 7.89. The fourth-order valence-corrected chi connectivity index (χ4v) is 5.20. The van der Waals surface area contributed by atoms with Crippen molar-refractivity contribution in [2.24, 2.45) is 5.92 Å². The van der Waals surface area contributed by atoms with E-state index in [1.165, 1.54) is 12.0 Å². The van der Waals surface area contributed by atoms with Crippen LogP contribution in [0, 0.1) is 17.6 Å². The Morgan fingerprint density at radius 2 is 1.68 bits per heavy atom. The Kier molecular flexibility index (Phi) is 7.88. The first kappa shape index (κ1) is 25.6. The summed E-state index contributed by atoms with van der Waals surface area (Å²) in [4.78, 5) is 26.9. The van der Waals surface area contributed by atoms with Crippen LogP contribution in [-0.4, -0.2) is 68.8 Å². The van der Waals surface area contributed by atoms with Crippen LogP contribution in [-0.2, 0) is 14.8 Å². The van der Waals surface area contributed by atoms with E-state index in [2.05, 4.69) is 5.32 Å². The van der Waals surface area contributed by atoms with Crippen LogP contribution in [0.25, 0.3) is 0 Å². The van der Waals surface area contributed by atoms with Crippen LogP contribution < -0.4 is 10.1 Å². The fraction of sp³-hybridized carbons (Fsp3) is 0.391. The Balaban J connectivity index is 1.69. The highest BCUT2D eigenvalue weighted by Gasteiger charge is 2.35. The summed E-state index contributed by atoms with van der Waals surface area (Å²) in [7, 11) is -2.74. The molecule has 2 amide bonds. The third-order valence-corrected chi connectivity index (χ3v) is 7.56. The fourth-order valence-electron chi connectivity index (χ4n) is 3.73. The molecule has 0 unspecified atom stereocenters. The SMILES string of the molecule is COc1ccccc1C(=O)N[C@H](C(=O)N1CCN(S(=O)(=O)c2ccc(F)cc2F)CC1)C(C)C. The smallest absolute Gasteiger partial charge is 0.255 e. The zero-order valence-electron chi connectivity index (χ0n) is 19.1. The first-order chi connectivity index (χ1) is 16.1. The second-order valence-electron chi connectivity index (χ2n) is 8.20. The molecule has 1 fully saturated rings. The van der Waals surface area contributed by atoms with Gasteiger partial charge >= 0.3 is 0 Å². The lowest BCUT2D eigenvalue weighted by atomic mass is 10.0. The molecular weight excluding hydrogens is 468 g/mol. The minimum atomic E-state index is -4.19. The first-order valence-electron chi connectivity index (χ1n) is 10.7. The van der Waals surface area contributed by atoms with Gasteiger partial charge in [-0.1, -0.05) is 26.0 Å². The summed E-state index contributed by atoms with van der Waals surface area (Å²) >= 11 is 0. The number of halogens is 2. The molecule has 8 nitrogen and oxygen atoms in total. The molecular formula is C23H27F2N3O5S. The monoisotopic (exact) mass is 495 g/mol. The molecule has 34 heavy (non-hydrogen) atoms. The van der Waals surface area contributed by atoms with Crippen molar-refractivity contribution < 1.29 is 31.5 Å². The second-order valence-corrected chi connectivity index (χ2v) is 10.1. The quantitative estimate of drug-likeness (QED) is 0.636. The van der Waals surface area contributed by atoms with Gasteiger partial charge in [0.2, 0.25) is 15.9 Å². The largest absolute Gasteiger partial charge is 0.496 e. The molecule has 1 aliphatic heterocycles. The lowest BCUT2D eigenvalue weighted by Crippen LogP contribution is -2.57. The number of para-hydroxylation sites is 1. The zero-order valence-corrected chi connectivity index (χ0v) is 19.9. The molecule has 1 N–H and O–H groups in total. The molecule has 0 radical (unpaired) electrons. The number of hydrogen-bond donors (Lipinski definition) is 1. The summed E-state index contributed by atoms with van der Waals surface area (Å²) in [6.45, 7) is 3.60. The molecule has 0 bridgehead atoms. The molecule has 2 aromatic carbocycles. The van der Waals surface area contributed by atoms with Crippen molar-refractivity contribution in [2.45, 2.75) is 24.8 Å². The Morgan fingerprint density at radius 3 is 2.26 bits per heavy atom. The van der Waals surface area contributed by atoms with Gasteiger partial charge in [0.15, 0.2) is 0 Å². The standard InChI is InChI=1S/C23H27F2N3O5S/c1-15(2)21(26-22(29)17-6-4-5-7-19(17)33-3)23(30)27-10-12-28(13-11-27)34(31,32)20-9-8-16(24)14-18(20)25/h4-9,14-15,21H,10-13H2,1-3H3,(H,26,29)/t21-/m0/s1. The van der Waals surface area contributed by atoms with Gasteiger partial charge in [-0.15, -0.1) is 0 Å². The lowest BCUT2D eigenvalue weighted by molar-refractivity contribution is -0.135. The van der Waals surface area contributed by atoms with Gasteiger partial charge in [0.05, 0.1) is 12.7 Å². The number of methoxy groups -OCH3 is 1. The Labute approximate surface area is 197 Å². The number of ether oxygens (including phenoxy) is 1. The van der Waals surface area contributed by atoms with Crippen molar-refractivity contribution in [1.82, 2.24) is 14.5 Å². The van der Waals surface area contributed by atoms with E-state index in [1.807, 2.05) is 0 Å². The third kappa shape index (κ3) is 5.36. The van der Waals surface area contributed by atoms with E-state index in [0.29, 0.717) is 17.4 Å². The van der Waals surface area contributed by atoms with Crippen molar-refractivity contribution in [3.63, 3.8) is 0 Å². The topological polar surface area (TPSA) is 96.0 Å². The Bertz CT molecular complexity index is 1160. The van der Waals surface area contributed by atoms with Crippen molar-refractivity contribution >= 4 is 21.8 Å². The summed E-state index contributed by atoms with van der Waals surface area (Å²) in [5.41, 5.74) is 0.292. The normalized spacial score (nSPS) is 15.8. The molecule has 0 aliphatic carbocycles. The highest BCUT2D eigenvalue weighted by Crippen LogP contribution is 2.22. The van der Waals surface area contributed by atoms with Gasteiger partial charge in [0, 0.05) is 32.2 Å². The van der Waals surface area contributed by atoms with Crippen LogP contribution in [0.3, 0.4) is 0 Å². The molecule has 3 rings (SSSR count). The lowest BCUT2D eigenvalue weighted by Gasteiger charge is -2.36. The van der Waals surface area contributed by atoms with Crippen LogP contribution >= 0.6 is 0 Å². The highest BCUT2D eigenvalue weighted by atomic mass is 32.2. The van der Waals surface area contributed by atoms with E-state index in [1.54, 1.807) is 38.1 Å². The van der Waals surface area contributed by atoms with E-state index < -0.39 is 38.5 Å². The summed E-state index contributed by atoms with van der Waals surface area (Å²) in [5.74, 6) is -2.71. The van der Waals surface area contributed by atoms with Gasteiger partial charge in [-0.05, 0) is 30.2 Å². The van der Waals surface area contributed by atoms with Crippen LogP contribution in [0.4, 0.5) is 8.78 Å². The summed E-state index contributed by atoms with van der Waals surface area (Å²) in [6, 6.07) is 8.10. The van der Waals surface area contributed by atoms with E-state index in [4.69, 9.17) is 4.74 Å². The number of carbonyl (C=O) groups excluding carboxylic acids is 2. The van der Waals surface area contributed by atoms with Crippen molar-refractivity contribution in [3.8, 4) is 5.75 Å². The number of amides is 2. The van der Waals surface area contributed by atoms with Crippen LogP contribution in [0.15, 0.2) is 47.4 Å². The van der Waals surface area contributed by atoms with Gasteiger partial charge in [-0.2, -0.15) is 4.31 Å². The number of nitrogens with zero attached hydrogens (tertiary/aromatic N) is 2. The van der Waals surface area contributed by atoms with Gasteiger partial charge in [0.1, 0.15) is 28.3 Å². The number of hydrogen-bond acceptors (Lipinski definition) is 5. The molecule has 184 valence electrons. The summed E-state index contributed by atoms with van der Waals surface area (Å²) in [6.07, 6.45) is 0. The Morgan fingerprint density at radius 1 is 1.03 bits per heavy atom. The van der Waals surface area contributed by atoms with E-state index >= 15 is 0 Å². The van der Waals surface area contributed by atoms with Gasteiger partial charge < -0.3 is 15.0 Å². The van der Waals surface area contributed by atoms with Crippen molar-refractivity contribution in [2.75, 3.05) is 33.3 Å². The number of carbonyl (C=O) groups is 2. The minimum absolute atomic E-state index is 0.0594. The second kappa shape index (κ2) is 10.5. The average Bonchev–Trinajstić information content (AvgIpc) is 2.81. The number of sulfonamides is 1. The van der Waals surface area contributed by atoms with Gasteiger partial charge in [0.25, 0.3) is 5.91 Å². The predicted molar refractivity (Wildman–Crippen MR) is 121 cm³/mol. The maximum absolute atomic E-state index is 14.1. The summed E-state index contributed by atoms with van der Waals surface area (Å²) < 4.78 is 59.1. The third-order valence-electron chi connectivity index (χ3n) is 5.63. The van der Waals surface area contributed by atoms with Crippen molar-refractivity contribution in [1.29, 1.82) is 0 Å². The minimum Gasteiger partial charge on any atom is -0.496 e. The molecule has 1 heterocycles. The number of benzene rings is 2. The Hall–Kier alpha value is -3.05. The molecule has 2 aromatic rings. The van der Waals surface area contributed by atoms with Crippen LogP contribution in [0.1, 0.15) is 24.2 Å². The van der Waals surface area contributed by atoms with E-state index in [0.717, 1.165) is 16.4 Å². The molecule has 0 aromatic heterocycles. The molecule has 1 saturated heterocycles. The molecule has 0 spiro atoms. The molecule has 1 aliphatic rings. The number of nitrogens with one attached hydrogen (secondary N) is 1. The van der Waals surface area contributed by atoms with E-state index in [-0.39, 0.29) is 38.0 Å². The predicted octanol–water partition coefficient (Wildman–Crippen LogP) is 2.26. The van der Waals surface area contributed by atoms with Gasteiger partial charge in [-0.25, -0.2) is 17.2 Å². The van der Waals surface area contributed by atoms with Crippen LogP contribution in [0.2, 0.25) is 0 Å². The molecule has 1 atom stereocenters. The van der Waals surface area contributed by atoms with Crippen molar-refractivity contribution in [3.05, 3.63) is 59.7 Å². The first-order valence-corrected chi connectivity index (χ1v) is 12.2. The number of rotatable bonds is 7. The van der Waals surface area contributed by atoms with Crippen LogP contribution in [0.5, 0.6) is 5.75 Å².